The van der Waals surface area contributed by atoms with Crippen molar-refractivity contribution in [3.8, 4) is 11.1 Å². The van der Waals surface area contributed by atoms with Crippen LogP contribution in [0.15, 0.2) is 42.7 Å². The fourth-order valence-electron chi connectivity index (χ4n) is 3.50. The maximum Gasteiger partial charge on any atom is 0.277 e. The third kappa shape index (κ3) is 3.52. The number of fused-ring (bicyclic) bond motifs is 1. The quantitative estimate of drug-likeness (QED) is 0.567. The van der Waals surface area contributed by atoms with Gasteiger partial charge in [-0.2, -0.15) is 5.10 Å². The number of hydrogen-bond acceptors (Lipinski definition) is 3. The van der Waals surface area contributed by atoms with Gasteiger partial charge < -0.3 is 4.90 Å². The number of hydrogen-bond donors (Lipinski definition) is 0. The Hall–Kier alpha value is -2.41. The molecule has 3 heterocycles. The number of nitrogens with zero attached hydrogens (tertiary/aromatic N) is 5. The van der Waals surface area contributed by atoms with Crippen molar-refractivity contribution in [1.82, 2.24) is 19.2 Å². The summed E-state index contributed by atoms with van der Waals surface area (Å²) in [6.07, 6.45) is 3.53. The summed E-state index contributed by atoms with van der Waals surface area (Å²) in [6, 6.07) is 9.18. The third-order valence-electron chi connectivity index (χ3n) is 5.07. The van der Waals surface area contributed by atoms with Crippen LogP contribution in [0.5, 0.6) is 0 Å². The summed E-state index contributed by atoms with van der Waals surface area (Å²) in [5, 5.41) is 5.40. The van der Waals surface area contributed by atoms with Crippen LogP contribution >= 0.6 is 23.2 Å². The van der Waals surface area contributed by atoms with Crippen LogP contribution in [0.1, 0.15) is 23.5 Å². The standard InChI is InChI=1S/C21H22Cl2N5O/c1-13-12-26(15-5-6-17(22)18(23)10-15)21(29)20-16(11-25-27(13)20)14-7-8-24-19(9-14)28(2,3)4/h5-11,13H,12H2,1-4H3/q+1/t13-/m0/s1. The Morgan fingerprint density at radius 1 is 1.10 bits per heavy atom. The van der Waals surface area contributed by atoms with Gasteiger partial charge in [0.05, 0.1) is 43.4 Å². The first kappa shape index (κ1) is 19.9. The number of pyridine rings is 1. The lowest BCUT2D eigenvalue weighted by atomic mass is 10.0. The molecule has 150 valence electrons. The van der Waals surface area contributed by atoms with E-state index in [9.17, 15) is 4.79 Å². The molecule has 1 aromatic carbocycles. The van der Waals surface area contributed by atoms with Gasteiger partial charge in [0.25, 0.3) is 5.91 Å². The van der Waals surface area contributed by atoms with Gasteiger partial charge in [-0.15, -0.1) is 0 Å². The molecular weight excluding hydrogens is 409 g/mol. The van der Waals surface area contributed by atoms with Crippen molar-refractivity contribution in [3.63, 3.8) is 0 Å². The minimum absolute atomic E-state index is 0.0191. The topological polar surface area (TPSA) is 51.0 Å². The van der Waals surface area contributed by atoms with Gasteiger partial charge in [-0.25, -0.2) is 4.98 Å². The SMILES string of the molecule is C[C@H]1CN(c2ccc(Cl)c(Cl)c2)C(=O)c2c(-c3ccnc([N+](C)(C)C)c3)cnn21. The van der Waals surface area contributed by atoms with Crippen LogP contribution < -0.4 is 9.38 Å². The Morgan fingerprint density at radius 2 is 1.86 bits per heavy atom. The van der Waals surface area contributed by atoms with Gasteiger partial charge >= 0.3 is 0 Å². The monoisotopic (exact) mass is 430 g/mol. The molecule has 0 fully saturated rings. The molecule has 29 heavy (non-hydrogen) atoms. The summed E-state index contributed by atoms with van der Waals surface area (Å²) in [6.45, 7) is 2.55. The third-order valence-corrected chi connectivity index (χ3v) is 5.81. The van der Waals surface area contributed by atoms with Crippen molar-refractivity contribution in [2.75, 3.05) is 32.6 Å². The number of anilines is 1. The number of halogens is 2. The van der Waals surface area contributed by atoms with Crippen LogP contribution in [0, 0.1) is 0 Å². The van der Waals surface area contributed by atoms with Crippen molar-refractivity contribution in [2.45, 2.75) is 13.0 Å². The van der Waals surface area contributed by atoms with Gasteiger partial charge in [-0.05, 0) is 36.8 Å². The van der Waals surface area contributed by atoms with Crippen molar-refractivity contribution in [3.05, 3.63) is 58.5 Å². The van der Waals surface area contributed by atoms with Crippen molar-refractivity contribution in [1.29, 1.82) is 0 Å². The number of rotatable bonds is 3. The highest BCUT2D eigenvalue weighted by Crippen LogP contribution is 2.35. The van der Waals surface area contributed by atoms with Gasteiger partial charge in [-0.3, -0.25) is 14.0 Å². The van der Waals surface area contributed by atoms with E-state index in [1.165, 1.54) is 0 Å². The molecule has 0 radical (unpaired) electrons. The zero-order valence-corrected chi connectivity index (χ0v) is 18.2. The van der Waals surface area contributed by atoms with E-state index in [2.05, 4.69) is 31.2 Å². The maximum absolute atomic E-state index is 13.5. The van der Waals surface area contributed by atoms with Crippen LogP contribution in [0.4, 0.5) is 11.5 Å². The number of benzene rings is 1. The second-order valence-electron chi connectivity index (χ2n) is 8.13. The predicted octanol–water partition coefficient (Wildman–Crippen LogP) is 4.67. The van der Waals surface area contributed by atoms with Gasteiger partial charge in [0.15, 0.2) is 0 Å². The van der Waals surface area contributed by atoms with Crippen LogP contribution in [-0.4, -0.2) is 48.4 Å². The number of carbonyl (C=O) groups is 1. The maximum atomic E-state index is 13.5. The van der Waals surface area contributed by atoms with E-state index in [1.807, 2.05) is 25.1 Å². The smallest absolute Gasteiger partial charge is 0.277 e. The fourth-order valence-corrected chi connectivity index (χ4v) is 3.79. The van der Waals surface area contributed by atoms with E-state index < -0.39 is 0 Å². The van der Waals surface area contributed by atoms with Crippen molar-refractivity contribution >= 4 is 40.6 Å². The molecule has 6 nitrogen and oxygen atoms in total. The van der Waals surface area contributed by atoms with E-state index >= 15 is 0 Å². The van der Waals surface area contributed by atoms with Crippen LogP contribution in [0.2, 0.25) is 10.0 Å². The normalized spacial score (nSPS) is 16.8. The van der Waals surface area contributed by atoms with E-state index in [0.717, 1.165) is 22.6 Å². The van der Waals surface area contributed by atoms with Crippen LogP contribution in [0.3, 0.4) is 0 Å². The van der Waals surface area contributed by atoms with Crippen LogP contribution in [0.25, 0.3) is 11.1 Å². The molecule has 1 amide bonds. The first-order valence-corrected chi connectivity index (χ1v) is 10.1. The Kier molecular flexibility index (Phi) is 4.89. The molecule has 0 spiro atoms. The zero-order chi connectivity index (χ0) is 20.9. The molecule has 3 aromatic rings. The highest BCUT2D eigenvalue weighted by atomic mass is 35.5. The molecule has 8 heteroatoms. The molecular formula is C21H22Cl2N5O+. The molecule has 0 saturated carbocycles. The molecule has 0 saturated heterocycles. The lowest BCUT2D eigenvalue weighted by Crippen LogP contribution is -2.42. The summed E-state index contributed by atoms with van der Waals surface area (Å²) in [5.41, 5.74) is 2.99. The number of carbonyl (C=O) groups excluding carboxylic acids is 1. The summed E-state index contributed by atoms with van der Waals surface area (Å²) in [4.78, 5) is 19.7. The highest BCUT2D eigenvalue weighted by Gasteiger charge is 2.34. The molecule has 1 aliphatic heterocycles. The number of aromatic nitrogens is 3. The Morgan fingerprint density at radius 3 is 2.55 bits per heavy atom. The lowest BCUT2D eigenvalue weighted by Gasteiger charge is -2.32. The van der Waals surface area contributed by atoms with E-state index in [4.69, 9.17) is 23.2 Å². The molecule has 0 unspecified atom stereocenters. The molecule has 4 rings (SSSR count). The minimum Gasteiger partial charge on any atom is -0.305 e. The average molecular weight is 431 g/mol. The molecule has 1 atom stereocenters. The average Bonchev–Trinajstić information content (AvgIpc) is 3.12. The van der Waals surface area contributed by atoms with Gasteiger partial charge in [0.2, 0.25) is 5.82 Å². The second-order valence-corrected chi connectivity index (χ2v) is 8.94. The Bertz CT molecular complexity index is 1100. The first-order valence-electron chi connectivity index (χ1n) is 9.29. The second kappa shape index (κ2) is 7.13. The summed E-state index contributed by atoms with van der Waals surface area (Å²) in [7, 11) is 6.16. The fraction of sp³-hybridized carbons (Fsp3) is 0.286. The number of amides is 1. The molecule has 0 N–H and O–H groups in total. The molecule has 1 aliphatic rings. The van der Waals surface area contributed by atoms with E-state index in [-0.39, 0.29) is 11.9 Å². The Labute approximate surface area is 179 Å². The summed E-state index contributed by atoms with van der Waals surface area (Å²) < 4.78 is 2.38. The predicted molar refractivity (Wildman–Crippen MR) is 118 cm³/mol. The van der Waals surface area contributed by atoms with Crippen molar-refractivity contribution in [2.24, 2.45) is 0 Å². The number of quaternary nitrogens is 1. The largest absolute Gasteiger partial charge is 0.305 e. The minimum atomic E-state index is -0.113. The molecule has 2 aromatic heterocycles. The van der Waals surface area contributed by atoms with E-state index in [1.54, 1.807) is 34.1 Å². The molecule has 0 bridgehead atoms. The zero-order valence-electron chi connectivity index (χ0n) is 16.7. The lowest BCUT2D eigenvalue weighted by molar-refractivity contribution is 0.0954. The van der Waals surface area contributed by atoms with Gasteiger partial charge in [0.1, 0.15) is 5.69 Å². The molecule has 0 aliphatic carbocycles. The first-order chi connectivity index (χ1) is 13.7. The Balaban J connectivity index is 1.80. The van der Waals surface area contributed by atoms with Crippen LogP contribution in [-0.2, 0) is 0 Å². The highest BCUT2D eigenvalue weighted by molar-refractivity contribution is 6.42. The summed E-state index contributed by atoms with van der Waals surface area (Å²) >= 11 is 12.2. The van der Waals surface area contributed by atoms with Crippen molar-refractivity contribution < 1.29 is 4.79 Å². The summed E-state index contributed by atoms with van der Waals surface area (Å²) in [5.74, 6) is 0.790. The van der Waals surface area contributed by atoms with Gasteiger partial charge in [-0.1, -0.05) is 23.2 Å². The van der Waals surface area contributed by atoms with Gasteiger partial charge in [0, 0.05) is 30.1 Å². The van der Waals surface area contributed by atoms with E-state index in [0.29, 0.717) is 26.8 Å².